The van der Waals surface area contributed by atoms with Gasteiger partial charge in [-0.05, 0) is 60.1 Å². The zero-order valence-corrected chi connectivity index (χ0v) is 17.5. The van der Waals surface area contributed by atoms with Crippen LogP contribution in [0.25, 0.3) is 0 Å². The minimum atomic E-state index is -0.349. The maximum Gasteiger partial charge on any atom is 0.327 e. The number of hydrogen-bond donors (Lipinski definition) is 2. The molecule has 3 rings (SSSR count). The number of carbonyl (C=O) groups excluding carboxylic acids is 1. The van der Waals surface area contributed by atoms with Gasteiger partial charge in [-0.15, -0.1) is 5.10 Å². The first kappa shape index (κ1) is 21.4. The van der Waals surface area contributed by atoms with E-state index in [0.717, 1.165) is 31.2 Å². The molecule has 158 valence electrons. The normalized spacial score (nSPS) is 20.6. The molecule has 3 N–H and O–H groups in total. The molecular weight excluding hydrogens is 368 g/mol. The van der Waals surface area contributed by atoms with E-state index in [9.17, 15) is 4.79 Å². The SMILES string of the molecule is CCOC(=O)Cn1nnnc1C(NC1CCC(N)CC1)c1ccc(C(C)C)cc1. The third kappa shape index (κ3) is 5.61. The molecule has 0 amide bonds. The van der Waals surface area contributed by atoms with Crippen molar-refractivity contribution in [2.75, 3.05) is 6.61 Å². The van der Waals surface area contributed by atoms with Crippen molar-refractivity contribution in [3.8, 4) is 0 Å². The van der Waals surface area contributed by atoms with E-state index in [1.807, 2.05) is 0 Å². The summed E-state index contributed by atoms with van der Waals surface area (Å²) in [4.78, 5) is 12.0. The average molecular weight is 401 g/mol. The molecule has 0 saturated heterocycles. The number of carbonyl (C=O) groups is 1. The lowest BCUT2D eigenvalue weighted by Gasteiger charge is -2.30. The van der Waals surface area contributed by atoms with E-state index in [-0.39, 0.29) is 24.6 Å². The van der Waals surface area contributed by atoms with Crippen LogP contribution in [0.3, 0.4) is 0 Å². The highest BCUT2D eigenvalue weighted by Gasteiger charge is 2.27. The molecule has 1 aromatic heterocycles. The highest BCUT2D eigenvalue weighted by molar-refractivity contribution is 5.69. The van der Waals surface area contributed by atoms with Crippen LogP contribution in [0.15, 0.2) is 24.3 Å². The predicted octanol–water partition coefficient (Wildman–Crippen LogP) is 2.31. The monoisotopic (exact) mass is 400 g/mol. The van der Waals surface area contributed by atoms with Gasteiger partial charge < -0.3 is 15.8 Å². The molecule has 1 aromatic carbocycles. The van der Waals surface area contributed by atoms with E-state index >= 15 is 0 Å². The Morgan fingerprint density at radius 2 is 1.86 bits per heavy atom. The molecule has 1 heterocycles. The van der Waals surface area contributed by atoms with Crippen molar-refractivity contribution < 1.29 is 9.53 Å². The van der Waals surface area contributed by atoms with Gasteiger partial charge in [0.1, 0.15) is 6.54 Å². The van der Waals surface area contributed by atoms with Crippen LogP contribution in [-0.2, 0) is 16.1 Å². The average Bonchev–Trinajstić information content (AvgIpc) is 3.15. The fraction of sp³-hybridized carbons (Fsp3) is 0.619. The number of nitrogens with one attached hydrogen (secondary N) is 1. The van der Waals surface area contributed by atoms with Crippen molar-refractivity contribution in [1.82, 2.24) is 25.5 Å². The Morgan fingerprint density at radius 1 is 1.21 bits per heavy atom. The molecule has 1 aliphatic carbocycles. The number of hydrogen-bond acceptors (Lipinski definition) is 7. The smallest absolute Gasteiger partial charge is 0.327 e. The van der Waals surface area contributed by atoms with Crippen LogP contribution in [0, 0.1) is 0 Å². The Bertz CT molecular complexity index is 781. The van der Waals surface area contributed by atoms with Crippen LogP contribution < -0.4 is 11.1 Å². The van der Waals surface area contributed by atoms with Crippen molar-refractivity contribution >= 4 is 5.97 Å². The van der Waals surface area contributed by atoms with E-state index < -0.39 is 0 Å². The first-order valence-electron chi connectivity index (χ1n) is 10.5. The number of nitrogens with zero attached hydrogens (tertiary/aromatic N) is 4. The summed E-state index contributed by atoms with van der Waals surface area (Å²) < 4.78 is 6.60. The van der Waals surface area contributed by atoms with Gasteiger partial charge in [0.2, 0.25) is 0 Å². The van der Waals surface area contributed by atoms with E-state index in [1.165, 1.54) is 10.2 Å². The summed E-state index contributed by atoms with van der Waals surface area (Å²) in [6.07, 6.45) is 4.04. The first-order chi connectivity index (χ1) is 14.0. The lowest BCUT2D eigenvalue weighted by atomic mass is 9.90. The first-order valence-corrected chi connectivity index (χ1v) is 10.5. The van der Waals surface area contributed by atoms with Crippen molar-refractivity contribution in [1.29, 1.82) is 0 Å². The number of benzene rings is 1. The van der Waals surface area contributed by atoms with Crippen LogP contribution in [0.1, 0.15) is 75.4 Å². The molecule has 0 bridgehead atoms. The zero-order valence-electron chi connectivity index (χ0n) is 17.5. The van der Waals surface area contributed by atoms with Crippen LogP contribution in [-0.4, -0.2) is 44.9 Å². The molecule has 1 fully saturated rings. The van der Waals surface area contributed by atoms with Crippen LogP contribution in [0.2, 0.25) is 0 Å². The highest BCUT2D eigenvalue weighted by atomic mass is 16.5. The molecule has 2 aromatic rings. The van der Waals surface area contributed by atoms with Crippen molar-refractivity contribution in [3.05, 3.63) is 41.2 Å². The highest BCUT2D eigenvalue weighted by Crippen LogP contribution is 2.26. The summed E-state index contributed by atoms with van der Waals surface area (Å²) in [6.45, 7) is 6.46. The number of ether oxygens (including phenoxy) is 1. The topological polar surface area (TPSA) is 108 Å². The minimum absolute atomic E-state index is 0.00598. The van der Waals surface area contributed by atoms with E-state index in [1.54, 1.807) is 6.92 Å². The fourth-order valence-corrected chi connectivity index (χ4v) is 3.77. The molecule has 0 radical (unpaired) electrons. The molecule has 0 spiro atoms. The molecule has 1 saturated carbocycles. The Morgan fingerprint density at radius 3 is 2.48 bits per heavy atom. The summed E-state index contributed by atoms with van der Waals surface area (Å²) in [6, 6.07) is 8.93. The summed E-state index contributed by atoms with van der Waals surface area (Å²) in [5.74, 6) is 0.730. The summed E-state index contributed by atoms with van der Waals surface area (Å²) in [5.41, 5.74) is 8.42. The van der Waals surface area contributed by atoms with Gasteiger partial charge in [0.25, 0.3) is 0 Å². The maximum absolute atomic E-state index is 12.0. The largest absolute Gasteiger partial charge is 0.465 e. The van der Waals surface area contributed by atoms with Crippen LogP contribution >= 0.6 is 0 Å². The summed E-state index contributed by atoms with van der Waals surface area (Å²) >= 11 is 0. The fourth-order valence-electron chi connectivity index (χ4n) is 3.77. The Balaban J connectivity index is 1.87. The van der Waals surface area contributed by atoms with Gasteiger partial charge in [0, 0.05) is 12.1 Å². The van der Waals surface area contributed by atoms with E-state index in [0.29, 0.717) is 24.4 Å². The molecular formula is C21H32N6O2. The second-order valence-electron chi connectivity index (χ2n) is 8.03. The van der Waals surface area contributed by atoms with Gasteiger partial charge in [0.15, 0.2) is 5.82 Å². The number of tetrazole rings is 1. The summed E-state index contributed by atoms with van der Waals surface area (Å²) in [5, 5.41) is 15.8. The Kier molecular flexibility index (Phi) is 7.33. The van der Waals surface area contributed by atoms with Gasteiger partial charge in [-0.3, -0.25) is 4.79 Å². The quantitative estimate of drug-likeness (QED) is 0.655. The van der Waals surface area contributed by atoms with Crippen LogP contribution in [0.4, 0.5) is 0 Å². The summed E-state index contributed by atoms with van der Waals surface area (Å²) in [7, 11) is 0. The van der Waals surface area contributed by atoms with Gasteiger partial charge >= 0.3 is 5.97 Å². The minimum Gasteiger partial charge on any atom is -0.465 e. The zero-order chi connectivity index (χ0) is 20.8. The Labute approximate surface area is 172 Å². The van der Waals surface area contributed by atoms with Crippen molar-refractivity contribution in [3.63, 3.8) is 0 Å². The van der Waals surface area contributed by atoms with Crippen molar-refractivity contribution in [2.24, 2.45) is 5.73 Å². The third-order valence-electron chi connectivity index (χ3n) is 5.51. The van der Waals surface area contributed by atoms with Gasteiger partial charge in [-0.1, -0.05) is 38.1 Å². The molecule has 0 aliphatic heterocycles. The molecule has 1 atom stereocenters. The van der Waals surface area contributed by atoms with Gasteiger partial charge in [-0.25, -0.2) is 4.68 Å². The number of rotatable bonds is 8. The van der Waals surface area contributed by atoms with Crippen molar-refractivity contribution in [2.45, 2.75) is 77.0 Å². The molecule has 1 aliphatic rings. The lowest BCUT2D eigenvalue weighted by molar-refractivity contribution is -0.144. The number of nitrogens with two attached hydrogens (primary N) is 1. The molecule has 8 nitrogen and oxygen atoms in total. The van der Waals surface area contributed by atoms with E-state index in [4.69, 9.17) is 10.5 Å². The molecule has 1 unspecified atom stereocenters. The standard InChI is InChI=1S/C21H32N6O2/c1-4-29-19(28)13-27-21(24-25-26-27)20(23-18-11-9-17(22)10-12-18)16-7-5-15(6-8-16)14(2)3/h5-8,14,17-18,20,23H,4,9-13,22H2,1-3H3. The van der Waals surface area contributed by atoms with Gasteiger partial charge in [-0.2, -0.15) is 0 Å². The van der Waals surface area contributed by atoms with Gasteiger partial charge in [0.05, 0.1) is 12.6 Å². The number of esters is 1. The molecule has 29 heavy (non-hydrogen) atoms. The number of aromatic nitrogens is 4. The van der Waals surface area contributed by atoms with Crippen LogP contribution in [0.5, 0.6) is 0 Å². The van der Waals surface area contributed by atoms with E-state index in [2.05, 4.69) is 59.0 Å². The lowest BCUT2D eigenvalue weighted by Crippen LogP contribution is -2.40. The Hall–Kier alpha value is -2.32. The molecule has 8 heteroatoms. The maximum atomic E-state index is 12.0. The second-order valence-corrected chi connectivity index (χ2v) is 8.03. The second kappa shape index (κ2) is 9.93. The third-order valence-corrected chi connectivity index (χ3v) is 5.51. The predicted molar refractivity (Wildman–Crippen MR) is 110 cm³/mol.